The molecule has 3 heterocycles. The molecule has 2 atom stereocenters. The van der Waals surface area contributed by atoms with E-state index in [1.54, 1.807) is 18.3 Å². The van der Waals surface area contributed by atoms with Crippen molar-refractivity contribution in [2.45, 2.75) is 19.0 Å². The molecule has 5 rings (SSSR count). The summed E-state index contributed by atoms with van der Waals surface area (Å²) in [5.74, 6) is 0.511. The lowest BCUT2D eigenvalue weighted by Crippen LogP contribution is -2.30. The molecule has 166 valence electrons. The van der Waals surface area contributed by atoms with Crippen molar-refractivity contribution in [3.63, 3.8) is 0 Å². The van der Waals surface area contributed by atoms with Gasteiger partial charge in [-0.25, -0.2) is 4.39 Å². The lowest BCUT2D eigenvalue weighted by Gasteiger charge is -2.29. The van der Waals surface area contributed by atoms with Gasteiger partial charge in [0.1, 0.15) is 17.6 Å². The number of benzene rings is 2. The maximum absolute atomic E-state index is 14.8. The second kappa shape index (κ2) is 9.03. The molecule has 0 bridgehead atoms. The third kappa shape index (κ3) is 3.96. The number of aromatic nitrogens is 2. The van der Waals surface area contributed by atoms with Gasteiger partial charge >= 0.3 is 0 Å². The van der Waals surface area contributed by atoms with Gasteiger partial charge in [0.25, 0.3) is 0 Å². The minimum Gasteiger partial charge on any atom is -0.494 e. The first-order chi connectivity index (χ1) is 16.2. The SMILES string of the molecule is CCOc1ccc(N2C(=S)NC(c3ccccn3)C2c2cccn2-c2ccccc2F)cc1. The van der Waals surface area contributed by atoms with E-state index in [1.165, 1.54) is 6.07 Å². The van der Waals surface area contributed by atoms with Crippen LogP contribution < -0.4 is 15.0 Å². The van der Waals surface area contributed by atoms with Gasteiger partial charge in [-0.15, -0.1) is 0 Å². The lowest BCUT2D eigenvalue weighted by atomic mass is 10.0. The Labute approximate surface area is 197 Å². The van der Waals surface area contributed by atoms with Crippen LogP contribution in [0.1, 0.15) is 30.4 Å². The number of para-hydroxylation sites is 1. The Kier molecular flexibility index (Phi) is 5.79. The first-order valence-electron chi connectivity index (χ1n) is 10.8. The van der Waals surface area contributed by atoms with E-state index in [4.69, 9.17) is 17.0 Å². The lowest BCUT2D eigenvalue weighted by molar-refractivity contribution is 0.340. The van der Waals surface area contributed by atoms with Crippen LogP contribution in [-0.2, 0) is 0 Å². The zero-order valence-corrected chi connectivity index (χ0v) is 18.9. The van der Waals surface area contributed by atoms with Crippen molar-refractivity contribution < 1.29 is 9.13 Å². The second-order valence-electron chi connectivity index (χ2n) is 7.68. The summed E-state index contributed by atoms with van der Waals surface area (Å²) in [4.78, 5) is 6.66. The van der Waals surface area contributed by atoms with Crippen LogP contribution in [0.2, 0.25) is 0 Å². The molecule has 0 aliphatic carbocycles. The molecular formula is C26H23FN4OS. The zero-order valence-electron chi connectivity index (χ0n) is 18.1. The van der Waals surface area contributed by atoms with Crippen molar-refractivity contribution in [2.24, 2.45) is 0 Å². The van der Waals surface area contributed by atoms with E-state index in [0.29, 0.717) is 17.4 Å². The average molecular weight is 459 g/mol. The normalized spacial score (nSPS) is 17.8. The summed E-state index contributed by atoms with van der Waals surface area (Å²) in [6.07, 6.45) is 3.65. The molecule has 7 heteroatoms. The highest BCUT2D eigenvalue weighted by Gasteiger charge is 2.42. The Morgan fingerprint density at radius 3 is 2.52 bits per heavy atom. The summed E-state index contributed by atoms with van der Waals surface area (Å²) in [7, 11) is 0. The highest BCUT2D eigenvalue weighted by molar-refractivity contribution is 7.80. The molecule has 2 aromatic heterocycles. The Morgan fingerprint density at radius 1 is 1.00 bits per heavy atom. The van der Waals surface area contributed by atoms with Crippen molar-refractivity contribution in [3.05, 3.63) is 108 Å². The standard InChI is InChI=1S/C26H23FN4OS/c1-2-32-19-14-12-18(13-15-19)31-25(24(29-26(31)33)21-9-5-6-16-28-21)23-11-7-17-30(23)22-10-4-3-8-20(22)27/h3-17,24-25H,2H2,1H3,(H,29,33). The molecule has 2 aromatic carbocycles. The number of halogens is 1. The van der Waals surface area contributed by atoms with E-state index >= 15 is 0 Å². The van der Waals surface area contributed by atoms with E-state index in [1.807, 2.05) is 78.4 Å². The zero-order chi connectivity index (χ0) is 22.8. The fourth-order valence-corrected chi connectivity index (χ4v) is 4.65. The molecular weight excluding hydrogens is 435 g/mol. The Bertz CT molecular complexity index is 1260. The summed E-state index contributed by atoms with van der Waals surface area (Å²) in [6.45, 7) is 2.56. The van der Waals surface area contributed by atoms with Crippen LogP contribution in [0.25, 0.3) is 5.69 Å². The topological polar surface area (TPSA) is 42.3 Å². The van der Waals surface area contributed by atoms with Gasteiger partial charge in [0.2, 0.25) is 0 Å². The molecule has 1 aliphatic heterocycles. The quantitative estimate of drug-likeness (QED) is 0.382. The molecule has 0 amide bonds. The van der Waals surface area contributed by atoms with Gasteiger partial charge in [-0.2, -0.15) is 0 Å². The molecule has 1 aliphatic rings. The van der Waals surface area contributed by atoms with E-state index < -0.39 is 0 Å². The minimum absolute atomic E-state index is 0.217. The molecule has 1 N–H and O–H groups in total. The van der Waals surface area contributed by atoms with Crippen LogP contribution in [-0.4, -0.2) is 21.3 Å². The van der Waals surface area contributed by atoms with Gasteiger partial charge in [0.05, 0.1) is 24.0 Å². The molecule has 0 saturated carbocycles. The van der Waals surface area contributed by atoms with Gasteiger partial charge in [-0.3, -0.25) is 4.98 Å². The maximum Gasteiger partial charge on any atom is 0.174 e. The number of ether oxygens (including phenoxy) is 1. The fourth-order valence-electron chi connectivity index (χ4n) is 4.30. The number of hydrogen-bond donors (Lipinski definition) is 1. The van der Waals surface area contributed by atoms with Crippen LogP contribution in [0.3, 0.4) is 0 Å². The summed E-state index contributed by atoms with van der Waals surface area (Å²) in [5, 5.41) is 4.03. The number of rotatable bonds is 6. The van der Waals surface area contributed by atoms with Gasteiger partial charge in [-0.05, 0) is 79.8 Å². The third-order valence-corrected chi connectivity index (χ3v) is 6.03. The molecule has 5 nitrogen and oxygen atoms in total. The number of nitrogens with one attached hydrogen (secondary N) is 1. The third-order valence-electron chi connectivity index (χ3n) is 5.72. The van der Waals surface area contributed by atoms with Crippen molar-refractivity contribution in [2.75, 3.05) is 11.5 Å². The molecule has 0 spiro atoms. The van der Waals surface area contributed by atoms with Gasteiger partial charge in [-0.1, -0.05) is 18.2 Å². The molecule has 1 fully saturated rings. The second-order valence-corrected chi connectivity index (χ2v) is 8.06. The molecule has 33 heavy (non-hydrogen) atoms. The smallest absolute Gasteiger partial charge is 0.174 e. The van der Waals surface area contributed by atoms with E-state index in [9.17, 15) is 4.39 Å². The van der Waals surface area contributed by atoms with Crippen LogP contribution in [0.4, 0.5) is 10.1 Å². The predicted molar refractivity (Wildman–Crippen MR) is 131 cm³/mol. The summed E-state index contributed by atoms with van der Waals surface area (Å²) in [6, 6.07) is 23.9. The first-order valence-corrected chi connectivity index (χ1v) is 11.2. The van der Waals surface area contributed by atoms with E-state index in [2.05, 4.69) is 15.2 Å². The molecule has 1 saturated heterocycles. The monoisotopic (exact) mass is 458 g/mol. The molecule has 0 radical (unpaired) electrons. The average Bonchev–Trinajstić information content (AvgIpc) is 3.45. The Morgan fingerprint density at radius 2 is 1.79 bits per heavy atom. The Balaban J connectivity index is 1.64. The van der Waals surface area contributed by atoms with Crippen LogP contribution in [0.5, 0.6) is 5.75 Å². The van der Waals surface area contributed by atoms with E-state index in [-0.39, 0.29) is 17.9 Å². The van der Waals surface area contributed by atoms with Crippen LogP contribution >= 0.6 is 12.2 Å². The van der Waals surface area contributed by atoms with Crippen molar-refractivity contribution in [1.82, 2.24) is 14.9 Å². The first kappa shape index (κ1) is 21.2. The summed E-state index contributed by atoms with van der Waals surface area (Å²) in [5.41, 5.74) is 3.17. The van der Waals surface area contributed by atoms with Crippen molar-refractivity contribution >= 4 is 23.0 Å². The van der Waals surface area contributed by atoms with Crippen LogP contribution in [0, 0.1) is 5.82 Å². The van der Waals surface area contributed by atoms with Crippen LogP contribution in [0.15, 0.2) is 91.3 Å². The molecule has 2 unspecified atom stereocenters. The number of nitrogens with zero attached hydrogens (tertiary/aromatic N) is 3. The number of pyridine rings is 1. The summed E-state index contributed by atoms with van der Waals surface area (Å²) < 4.78 is 22.2. The van der Waals surface area contributed by atoms with Crippen molar-refractivity contribution in [1.29, 1.82) is 0 Å². The minimum atomic E-state index is -0.287. The predicted octanol–water partition coefficient (Wildman–Crippen LogP) is 5.59. The largest absolute Gasteiger partial charge is 0.494 e. The Hall–Kier alpha value is -3.71. The summed E-state index contributed by atoms with van der Waals surface area (Å²) >= 11 is 5.79. The number of thiocarbonyl (C=S) groups is 1. The van der Waals surface area contributed by atoms with Crippen molar-refractivity contribution in [3.8, 4) is 11.4 Å². The highest BCUT2D eigenvalue weighted by Crippen LogP contribution is 2.42. The molecule has 4 aromatic rings. The highest BCUT2D eigenvalue weighted by atomic mass is 32.1. The number of anilines is 1. The fraction of sp³-hybridized carbons (Fsp3) is 0.154. The van der Waals surface area contributed by atoms with Gasteiger partial charge in [0.15, 0.2) is 5.11 Å². The van der Waals surface area contributed by atoms with Gasteiger partial charge < -0.3 is 19.5 Å². The van der Waals surface area contributed by atoms with Gasteiger partial charge in [0, 0.05) is 23.8 Å². The van der Waals surface area contributed by atoms with E-state index in [0.717, 1.165) is 22.8 Å². The maximum atomic E-state index is 14.8. The number of hydrogen-bond acceptors (Lipinski definition) is 3.